The number of carbonyl (C=O) groups excluding carboxylic acids is 1. The average Bonchev–Trinajstić information content (AvgIpc) is 2.70. The van der Waals surface area contributed by atoms with E-state index in [1.54, 1.807) is 6.20 Å². The zero-order valence-electron chi connectivity index (χ0n) is 15.0. The van der Waals surface area contributed by atoms with Gasteiger partial charge in [-0.1, -0.05) is 11.6 Å². The number of hydrogen-bond donors (Lipinski definition) is 1. The van der Waals surface area contributed by atoms with Gasteiger partial charge in [0.25, 0.3) is 5.91 Å². The number of pyridine rings is 1. The summed E-state index contributed by atoms with van der Waals surface area (Å²) in [7, 11) is 0. The first-order valence-corrected chi connectivity index (χ1v) is 9.44. The highest BCUT2D eigenvalue weighted by Gasteiger charge is 2.23. The van der Waals surface area contributed by atoms with Crippen molar-refractivity contribution in [1.29, 1.82) is 0 Å². The molecule has 0 saturated carbocycles. The van der Waals surface area contributed by atoms with Gasteiger partial charge in [-0.15, -0.1) is 0 Å². The molecule has 0 bridgehead atoms. The van der Waals surface area contributed by atoms with E-state index in [-0.39, 0.29) is 17.5 Å². The van der Waals surface area contributed by atoms with Gasteiger partial charge >= 0.3 is 0 Å². The molecule has 1 N–H and O–H groups in total. The van der Waals surface area contributed by atoms with Gasteiger partial charge in [0.1, 0.15) is 0 Å². The molecule has 1 fully saturated rings. The number of amides is 1. The predicted molar refractivity (Wildman–Crippen MR) is 106 cm³/mol. The van der Waals surface area contributed by atoms with Crippen LogP contribution in [0.4, 0.5) is 14.5 Å². The monoisotopic (exact) mass is 401 g/mol. The van der Waals surface area contributed by atoms with Gasteiger partial charge in [-0.2, -0.15) is 0 Å². The molecule has 28 heavy (non-hydrogen) atoms. The number of fused-ring (bicyclic) bond motifs is 1. The van der Waals surface area contributed by atoms with Crippen molar-refractivity contribution in [2.24, 2.45) is 0 Å². The number of benzene rings is 2. The number of hydrogen-bond acceptors (Lipinski definition) is 3. The van der Waals surface area contributed by atoms with E-state index in [9.17, 15) is 13.6 Å². The largest absolute Gasteiger partial charge is 0.371 e. The molecular formula is C21H18ClF2N3O. The van der Waals surface area contributed by atoms with Crippen molar-refractivity contribution in [1.82, 2.24) is 10.3 Å². The Balaban J connectivity index is 1.42. The van der Waals surface area contributed by atoms with Crippen LogP contribution in [0.3, 0.4) is 0 Å². The Bertz CT molecular complexity index is 1040. The summed E-state index contributed by atoms with van der Waals surface area (Å²) in [6.45, 7) is 1.54. The minimum absolute atomic E-state index is 0.0144. The Morgan fingerprint density at radius 1 is 1.07 bits per heavy atom. The summed E-state index contributed by atoms with van der Waals surface area (Å²) in [6, 6.07) is 10.8. The van der Waals surface area contributed by atoms with E-state index < -0.39 is 11.6 Å². The fourth-order valence-corrected chi connectivity index (χ4v) is 3.72. The number of rotatable bonds is 3. The normalized spacial score (nSPS) is 15.0. The predicted octanol–water partition coefficient (Wildman–Crippen LogP) is 4.57. The van der Waals surface area contributed by atoms with Gasteiger partial charge in [0.05, 0.1) is 5.52 Å². The Morgan fingerprint density at radius 3 is 2.61 bits per heavy atom. The summed E-state index contributed by atoms with van der Waals surface area (Å²) in [5.74, 6) is -2.37. The Hall–Kier alpha value is -2.73. The molecule has 0 unspecified atom stereocenters. The average molecular weight is 402 g/mol. The summed E-state index contributed by atoms with van der Waals surface area (Å²) in [6.07, 6.45) is 3.28. The van der Waals surface area contributed by atoms with Crippen molar-refractivity contribution in [2.45, 2.75) is 18.9 Å². The molecule has 0 aliphatic carbocycles. The lowest BCUT2D eigenvalue weighted by Gasteiger charge is -2.34. The first-order chi connectivity index (χ1) is 13.5. The van der Waals surface area contributed by atoms with Crippen LogP contribution in [0, 0.1) is 11.6 Å². The highest BCUT2D eigenvalue weighted by molar-refractivity contribution is 6.31. The van der Waals surface area contributed by atoms with Gasteiger partial charge in [0, 0.05) is 47.0 Å². The molecule has 0 radical (unpaired) electrons. The third-order valence-electron chi connectivity index (χ3n) is 5.03. The second-order valence-corrected chi connectivity index (χ2v) is 7.29. The zero-order chi connectivity index (χ0) is 19.7. The summed E-state index contributed by atoms with van der Waals surface area (Å²) in [4.78, 5) is 18.9. The van der Waals surface area contributed by atoms with Gasteiger partial charge in [-0.3, -0.25) is 9.78 Å². The summed E-state index contributed by atoms with van der Waals surface area (Å²) in [5.41, 5.74) is 2.06. The molecule has 1 aromatic heterocycles. The van der Waals surface area contributed by atoms with Gasteiger partial charge in [-0.25, -0.2) is 8.78 Å². The molecule has 1 amide bonds. The lowest BCUT2D eigenvalue weighted by molar-refractivity contribution is 0.0930. The van der Waals surface area contributed by atoms with Crippen LogP contribution in [0.2, 0.25) is 5.02 Å². The van der Waals surface area contributed by atoms with E-state index >= 15 is 0 Å². The van der Waals surface area contributed by atoms with E-state index in [0.29, 0.717) is 5.02 Å². The van der Waals surface area contributed by atoms with Gasteiger partial charge in [0.2, 0.25) is 0 Å². The number of anilines is 1. The van der Waals surface area contributed by atoms with E-state index in [0.717, 1.165) is 54.7 Å². The Labute approximate surface area is 166 Å². The number of carbonyl (C=O) groups is 1. The van der Waals surface area contributed by atoms with Crippen LogP contribution in [0.1, 0.15) is 23.2 Å². The quantitative estimate of drug-likeness (QED) is 0.699. The summed E-state index contributed by atoms with van der Waals surface area (Å²) < 4.78 is 26.4. The van der Waals surface area contributed by atoms with E-state index in [1.807, 2.05) is 24.3 Å². The molecule has 0 spiro atoms. The maximum absolute atomic E-state index is 13.3. The molecule has 3 aromatic rings. The van der Waals surface area contributed by atoms with Crippen LogP contribution in [-0.4, -0.2) is 30.0 Å². The summed E-state index contributed by atoms with van der Waals surface area (Å²) >= 11 is 6.06. The molecule has 144 valence electrons. The van der Waals surface area contributed by atoms with Crippen LogP contribution < -0.4 is 10.2 Å². The van der Waals surface area contributed by atoms with Crippen molar-refractivity contribution in [3.05, 3.63) is 70.9 Å². The van der Waals surface area contributed by atoms with Crippen LogP contribution in [0.5, 0.6) is 0 Å². The third-order valence-corrected chi connectivity index (χ3v) is 5.27. The van der Waals surface area contributed by atoms with Crippen molar-refractivity contribution >= 4 is 34.1 Å². The van der Waals surface area contributed by atoms with Gasteiger partial charge < -0.3 is 10.2 Å². The van der Waals surface area contributed by atoms with E-state index in [4.69, 9.17) is 11.6 Å². The molecule has 4 nitrogen and oxygen atoms in total. The Kier molecular flexibility index (Phi) is 5.13. The lowest BCUT2D eigenvalue weighted by atomic mass is 10.0. The van der Waals surface area contributed by atoms with Gasteiger partial charge in [-0.05, 0) is 55.3 Å². The highest BCUT2D eigenvalue weighted by Crippen LogP contribution is 2.29. The molecule has 0 atom stereocenters. The summed E-state index contributed by atoms with van der Waals surface area (Å²) in [5, 5.41) is 4.60. The van der Waals surface area contributed by atoms with Crippen LogP contribution in [-0.2, 0) is 0 Å². The van der Waals surface area contributed by atoms with Crippen LogP contribution >= 0.6 is 11.6 Å². The number of halogens is 3. The topological polar surface area (TPSA) is 45.2 Å². The van der Waals surface area contributed by atoms with Crippen LogP contribution in [0.15, 0.2) is 48.7 Å². The molecular weight excluding hydrogens is 384 g/mol. The maximum Gasteiger partial charge on any atom is 0.251 e. The Morgan fingerprint density at radius 2 is 1.86 bits per heavy atom. The molecule has 1 saturated heterocycles. The smallest absolute Gasteiger partial charge is 0.251 e. The minimum atomic E-state index is -1.02. The minimum Gasteiger partial charge on any atom is -0.371 e. The first kappa shape index (κ1) is 18.6. The van der Waals surface area contributed by atoms with Crippen molar-refractivity contribution in [2.75, 3.05) is 18.0 Å². The molecule has 4 rings (SSSR count). The van der Waals surface area contributed by atoms with Crippen molar-refractivity contribution in [3.63, 3.8) is 0 Å². The molecule has 2 heterocycles. The third kappa shape index (κ3) is 3.78. The van der Waals surface area contributed by atoms with Crippen molar-refractivity contribution < 1.29 is 13.6 Å². The molecule has 1 aliphatic rings. The van der Waals surface area contributed by atoms with Crippen LogP contribution in [0.25, 0.3) is 10.9 Å². The number of aromatic nitrogens is 1. The second-order valence-electron chi connectivity index (χ2n) is 6.86. The molecule has 1 aliphatic heterocycles. The SMILES string of the molecule is O=C(NC1CCN(c2ccnc3cc(Cl)ccc23)CC1)c1ccc(F)c(F)c1. The first-order valence-electron chi connectivity index (χ1n) is 9.06. The highest BCUT2D eigenvalue weighted by atomic mass is 35.5. The number of nitrogens with one attached hydrogen (secondary N) is 1. The van der Waals surface area contributed by atoms with E-state index in [1.165, 1.54) is 6.07 Å². The molecule has 2 aromatic carbocycles. The fraction of sp³-hybridized carbons (Fsp3) is 0.238. The fourth-order valence-electron chi connectivity index (χ4n) is 3.55. The lowest BCUT2D eigenvalue weighted by Crippen LogP contribution is -2.44. The standard InChI is InChI=1S/C21H18ClF2N3O/c22-14-2-3-16-19(12-14)25-8-5-20(16)27-9-6-15(7-10-27)26-21(28)13-1-4-17(23)18(24)11-13/h1-5,8,11-12,15H,6-7,9-10H2,(H,26,28). The maximum atomic E-state index is 13.3. The van der Waals surface area contributed by atoms with E-state index in [2.05, 4.69) is 15.2 Å². The number of piperidine rings is 1. The number of nitrogens with zero attached hydrogens (tertiary/aromatic N) is 2. The van der Waals surface area contributed by atoms with Crippen molar-refractivity contribution in [3.8, 4) is 0 Å². The zero-order valence-corrected chi connectivity index (χ0v) is 15.7. The molecule has 7 heteroatoms. The van der Waals surface area contributed by atoms with Gasteiger partial charge in [0.15, 0.2) is 11.6 Å². The second kappa shape index (κ2) is 7.72.